The lowest BCUT2D eigenvalue weighted by Gasteiger charge is -2.30. The van der Waals surface area contributed by atoms with E-state index in [0.717, 1.165) is 39.0 Å². The van der Waals surface area contributed by atoms with Crippen LogP contribution in [0.5, 0.6) is 0 Å². The van der Waals surface area contributed by atoms with Crippen molar-refractivity contribution in [2.45, 2.75) is 31.4 Å². The number of carbonyl (C=O) groups excluding carboxylic acids is 1. The maximum Gasteiger partial charge on any atom is 0.223 e. The minimum atomic E-state index is 0.117. The molecule has 1 saturated carbocycles. The summed E-state index contributed by atoms with van der Waals surface area (Å²) in [5, 5.41) is 2.99. The van der Waals surface area contributed by atoms with Crippen LogP contribution in [0.1, 0.15) is 19.3 Å². The van der Waals surface area contributed by atoms with Crippen LogP contribution in [0.4, 0.5) is 0 Å². The highest BCUT2D eigenvalue weighted by Gasteiger charge is 2.28. The van der Waals surface area contributed by atoms with Crippen molar-refractivity contribution in [3.05, 3.63) is 0 Å². The molecule has 1 aliphatic heterocycles. The van der Waals surface area contributed by atoms with Crippen molar-refractivity contribution in [1.29, 1.82) is 0 Å². The summed E-state index contributed by atoms with van der Waals surface area (Å²) in [6.45, 7) is 3.24. The number of hydrogen-bond acceptors (Lipinski definition) is 4. The number of carbonyl (C=O) groups is 1. The lowest BCUT2D eigenvalue weighted by Crippen LogP contribution is -2.46. The average molecular weight is 241 g/mol. The molecule has 5 nitrogen and oxygen atoms in total. The molecule has 2 rings (SSSR count). The zero-order chi connectivity index (χ0) is 12.3. The third-order valence-electron chi connectivity index (χ3n) is 3.69. The van der Waals surface area contributed by atoms with Crippen LogP contribution < -0.4 is 11.1 Å². The summed E-state index contributed by atoms with van der Waals surface area (Å²) in [5.74, 6) is 0.265. The van der Waals surface area contributed by atoms with Gasteiger partial charge in [0.25, 0.3) is 0 Å². The largest absolute Gasteiger partial charge is 0.374 e. The molecule has 3 N–H and O–H groups in total. The molecule has 0 aromatic carbocycles. The lowest BCUT2D eigenvalue weighted by molar-refractivity contribution is -0.126. The lowest BCUT2D eigenvalue weighted by atomic mass is 10.1. The summed E-state index contributed by atoms with van der Waals surface area (Å²) in [7, 11) is 2.08. The van der Waals surface area contributed by atoms with Crippen LogP contribution in [0.15, 0.2) is 0 Å². The second kappa shape index (κ2) is 5.80. The molecular formula is C12H23N3O2. The number of rotatable bonds is 3. The van der Waals surface area contributed by atoms with Crippen LogP contribution in [0.25, 0.3) is 0 Å². The van der Waals surface area contributed by atoms with Crippen molar-refractivity contribution in [1.82, 2.24) is 10.2 Å². The van der Waals surface area contributed by atoms with Gasteiger partial charge in [-0.2, -0.15) is 0 Å². The normalized spacial score (nSPS) is 34.8. The van der Waals surface area contributed by atoms with Gasteiger partial charge in [0.1, 0.15) is 0 Å². The molecule has 1 saturated heterocycles. The minimum absolute atomic E-state index is 0.117. The highest BCUT2D eigenvalue weighted by Crippen LogP contribution is 2.23. The Morgan fingerprint density at radius 2 is 2.35 bits per heavy atom. The summed E-state index contributed by atoms with van der Waals surface area (Å²) >= 11 is 0. The highest BCUT2D eigenvalue weighted by atomic mass is 16.5. The summed E-state index contributed by atoms with van der Waals surface area (Å²) in [6, 6.07) is 0.211. The summed E-state index contributed by atoms with van der Waals surface area (Å²) in [4.78, 5) is 14.1. The van der Waals surface area contributed by atoms with Gasteiger partial charge in [0.15, 0.2) is 0 Å². The van der Waals surface area contributed by atoms with Gasteiger partial charge in [-0.3, -0.25) is 4.79 Å². The fourth-order valence-electron chi connectivity index (χ4n) is 2.60. The zero-order valence-corrected chi connectivity index (χ0v) is 10.5. The Kier molecular flexibility index (Phi) is 4.36. The second-order valence-corrected chi connectivity index (χ2v) is 5.27. The predicted molar refractivity (Wildman–Crippen MR) is 65.6 cm³/mol. The monoisotopic (exact) mass is 241 g/mol. The number of nitrogens with one attached hydrogen (secondary N) is 1. The van der Waals surface area contributed by atoms with Crippen molar-refractivity contribution >= 4 is 5.91 Å². The first-order valence-corrected chi connectivity index (χ1v) is 6.48. The van der Waals surface area contributed by atoms with Crippen molar-refractivity contribution in [2.75, 3.05) is 33.3 Å². The van der Waals surface area contributed by atoms with Crippen LogP contribution in [-0.4, -0.2) is 56.2 Å². The molecule has 1 amide bonds. The van der Waals surface area contributed by atoms with Gasteiger partial charge >= 0.3 is 0 Å². The number of morpholine rings is 1. The van der Waals surface area contributed by atoms with Crippen LogP contribution in [0.2, 0.25) is 0 Å². The maximum atomic E-state index is 11.9. The third-order valence-corrected chi connectivity index (χ3v) is 3.69. The minimum Gasteiger partial charge on any atom is -0.374 e. The van der Waals surface area contributed by atoms with Gasteiger partial charge in [-0.25, -0.2) is 0 Å². The van der Waals surface area contributed by atoms with E-state index in [1.807, 2.05) is 0 Å². The molecule has 17 heavy (non-hydrogen) atoms. The fraction of sp³-hybridized carbons (Fsp3) is 0.917. The Bertz CT molecular complexity index is 272. The average Bonchev–Trinajstić information content (AvgIpc) is 2.73. The summed E-state index contributed by atoms with van der Waals surface area (Å²) in [6.07, 6.45) is 2.86. The van der Waals surface area contributed by atoms with Gasteiger partial charge in [0.2, 0.25) is 5.91 Å². The second-order valence-electron chi connectivity index (χ2n) is 5.27. The number of nitrogens with zero attached hydrogens (tertiary/aromatic N) is 1. The van der Waals surface area contributed by atoms with Crippen LogP contribution in [-0.2, 0) is 9.53 Å². The number of nitrogens with two attached hydrogens (primary N) is 1. The van der Waals surface area contributed by atoms with Gasteiger partial charge in [0.05, 0.1) is 12.7 Å². The predicted octanol–water partition coefficient (Wildman–Crippen LogP) is -0.439. The van der Waals surface area contributed by atoms with Crippen LogP contribution in [0, 0.1) is 5.92 Å². The Labute approximate surface area is 103 Å². The maximum absolute atomic E-state index is 11.9. The Morgan fingerprint density at radius 1 is 1.53 bits per heavy atom. The van der Waals surface area contributed by atoms with Crippen molar-refractivity contribution in [3.63, 3.8) is 0 Å². The van der Waals surface area contributed by atoms with Crippen molar-refractivity contribution < 1.29 is 9.53 Å². The van der Waals surface area contributed by atoms with E-state index in [1.54, 1.807) is 0 Å². The topological polar surface area (TPSA) is 67.6 Å². The van der Waals surface area contributed by atoms with Gasteiger partial charge in [-0.1, -0.05) is 0 Å². The Morgan fingerprint density at radius 3 is 3.00 bits per heavy atom. The van der Waals surface area contributed by atoms with Gasteiger partial charge < -0.3 is 20.7 Å². The van der Waals surface area contributed by atoms with Crippen LogP contribution >= 0.6 is 0 Å². The molecule has 2 aliphatic rings. The first-order chi connectivity index (χ1) is 8.15. The highest BCUT2D eigenvalue weighted by molar-refractivity contribution is 5.79. The van der Waals surface area contributed by atoms with E-state index < -0.39 is 0 Å². The van der Waals surface area contributed by atoms with Gasteiger partial charge in [-0.05, 0) is 26.3 Å². The van der Waals surface area contributed by atoms with E-state index in [9.17, 15) is 4.79 Å². The molecule has 0 radical (unpaired) electrons. The molecule has 3 atom stereocenters. The zero-order valence-electron chi connectivity index (χ0n) is 10.5. The third kappa shape index (κ3) is 3.66. The van der Waals surface area contributed by atoms with E-state index in [2.05, 4.69) is 17.3 Å². The quantitative estimate of drug-likeness (QED) is 0.703. The molecule has 98 valence electrons. The molecule has 0 aromatic rings. The van der Waals surface area contributed by atoms with Gasteiger partial charge in [-0.15, -0.1) is 0 Å². The molecule has 5 heteroatoms. The molecule has 2 fully saturated rings. The number of likely N-dealkylation sites (N-methyl/N-ethyl adjacent to an activating group) is 1. The molecule has 0 spiro atoms. The Balaban J connectivity index is 1.69. The van der Waals surface area contributed by atoms with Gasteiger partial charge in [0, 0.05) is 31.6 Å². The number of hydrogen-bond donors (Lipinski definition) is 2. The number of amides is 1. The van der Waals surface area contributed by atoms with E-state index >= 15 is 0 Å². The Hall–Kier alpha value is -0.650. The SMILES string of the molecule is CN1CCOC(CNC(=O)C2CCC(N)C2)C1. The van der Waals surface area contributed by atoms with Crippen molar-refractivity contribution in [2.24, 2.45) is 11.7 Å². The first kappa shape index (κ1) is 12.8. The molecular weight excluding hydrogens is 218 g/mol. The smallest absolute Gasteiger partial charge is 0.223 e. The molecule has 0 aromatic heterocycles. The van der Waals surface area contributed by atoms with E-state index in [-0.39, 0.29) is 24.0 Å². The van der Waals surface area contributed by atoms with Crippen LogP contribution in [0.3, 0.4) is 0 Å². The van der Waals surface area contributed by atoms with E-state index in [4.69, 9.17) is 10.5 Å². The summed E-state index contributed by atoms with van der Waals surface area (Å²) < 4.78 is 5.60. The van der Waals surface area contributed by atoms with E-state index in [1.165, 1.54) is 0 Å². The van der Waals surface area contributed by atoms with Crippen molar-refractivity contribution in [3.8, 4) is 0 Å². The standard InChI is InChI=1S/C12H23N3O2/c1-15-4-5-17-11(8-15)7-14-12(16)9-2-3-10(13)6-9/h9-11H,2-8,13H2,1H3,(H,14,16). The molecule has 3 unspecified atom stereocenters. The first-order valence-electron chi connectivity index (χ1n) is 6.48. The molecule has 0 bridgehead atoms. The summed E-state index contributed by atoms with van der Waals surface area (Å²) in [5.41, 5.74) is 5.81. The van der Waals surface area contributed by atoms with E-state index in [0.29, 0.717) is 6.54 Å². The number of ether oxygens (including phenoxy) is 1. The molecule has 1 aliphatic carbocycles. The fourth-order valence-corrected chi connectivity index (χ4v) is 2.60. The molecule has 1 heterocycles.